The van der Waals surface area contributed by atoms with Gasteiger partial charge in [-0.2, -0.15) is 0 Å². The van der Waals surface area contributed by atoms with Crippen LogP contribution in [0.1, 0.15) is 20.8 Å². The molecule has 0 rings (SSSR count). The highest BCUT2D eigenvalue weighted by Crippen LogP contribution is 2.12. The van der Waals surface area contributed by atoms with E-state index in [1.807, 2.05) is 6.92 Å². The van der Waals surface area contributed by atoms with Crippen LogP contribution in [0.15, 0.2) is 24.3 Å². The van der Waals surface area contributed by atoms with Crippen molar-refractivity contribution in [3.8, 4) is 0 Å². The van der Waals surface area contributed by atoms with Crippen LogP contribution in [0, 0.1) is 5.92 Å². The van der Waals surface area contributed by atoms with Gasteiger partial charge >= 0.3 is 0 Å². The Morgan fingerprint density at radius 1 is 1.58 bits per heavy atom. The second-order valence-electron chi connectivity index (χ2n) is 3.65. The normalized spacial score (nSPS) is 15.1. The van der Waals surface area contributed by atoms with Crippen molar-refractivity contribution in [1.82, 2.24) is 0 Å². The molecule has 2 nitrogen and oxygen atoms in total. The molecule has 0 saturated heterocycles. The van der Waals surface area contributed by atoms with Crippen molar-refractivity contribution in [2.75, 3.05) is 6.61 Å². The number of rotatable bonds is 4. The Morgan fingerprint density at radius 2 is 2.08 bits per heavy atom. The summed E-state index contributed by atoms with van der Waals surface area (Å²) >= 11 is 0. The number of aliphatic hydroxyl groups is 2. The van der Waals surface area contributed by atoms with E-state index in [0.717, 1.165) is 5.57 Å². The van der Waals surface area contributed by atoms with Crippen molar-refractivity contribution in [2.45, 2.75) is 26.4 Å². The molecule has 0 heterocycles. The summed E-state index contributed by atoms with van der Waals surface area (Å²) in [5, 5.41) is 18.2. The lowest BCUT2D eigenvalue weighted by atomic mass is 9.99. The van der Waals surface area contributed by atoms with E-state index in [-0.39, 0.29) is 12.5 Å². The van der Waals surface area contributed by atoms with Gasteiger partial charge in [0, 0.05) is 5.92 Å². The summed E-state index contributed by atoms with van der Waals surface area (Å²) in [5.41, 5.74) is 0.0843. The summed E-state index contributed by atoms with van der Waals surface area (Å²) in [6.45, 7) is 9.02. The van der Waals surface area contributed by atoms with Crippen molar-refractivity contribution in [3.63, 3.8) is 0 Å². The third-order valence-corrected chi connectivity index (χ3v) is 1.57. The van der Waals surface area contributed by atoms with E-state index in [4.69, 9.17) is 5.11 Å². The predicted octanol–water partition coefficient (Wildman–Crippen LogP) is 1.50. The summed E-state index contributed by atoms with van der Waals surface area (Å²) in [6.07, 6.45) is 3.45. The minimum Gasteiger partial charge on any atom is -0.395 e. The van der Waals surface area contributed by atoms with Crippen molar-refractivity contribution >= 4 is 0 Å². The van der Waals surface area contributed by atoms with Crippen LogP contribution in [0.3, 0.4) is 0 Å². The molecule has 0 amide bonds. The topological polar surface area (TPSA) is 40.5 Å². The lowest BCUT2D eigenvalue weighted by Gasteiger charge is -2.13. The van der Waals surface area contributed by atoms with Gasteiger partial charge in [-0.05, 0) is 20.8 Å². The van der Waals surface area contributed by atoms with Crippen molar-refractivity contribution in [1.29, 1.82) is 0 Å². The van der Waals surface area contributed by atoms with Gasteiger partial charge in [0.15, 0.2) is 0 Å². The van der Waals surface area contributed by atoms with Crippen LogP contribution in [0.25, 0.3) is 0 Å². The molecule has 0 spiro atoms. The number of aliphatic hydroxyl groups excluding tert-OH is 1. The van der Waals surface area contributed by atoms with Crippen LogP contribution in [0.2, 0.25) is 0 Å². The molecule has 1 atom stereocenters. The van der Waals surface area contributed by atoms with E-state index in [2.05, 4.69) is 6.58 Å². The standard InChI is InChI=1S/C10H18O2/c1-8(2)9(7-11)5-6-10(3,4)12/h5-6,9,11-12H,1,7H2,2-4H3. The first-order valence-corrected chi connectivity index (χ1v) is 4.05. The Bertz CT molecular complexity index is 175. The predicted molar refractivity (Wildman–Crippen MR) is 50.8 cm³/mol. The molecule has 0 aromatic heterocycles. The highest BCUT2D eigenvalue weighted by molar-refractivity contribution is 5.09. The molecule has 0 aliphatic carbocycles. The molecule has 2 heteroatoms. The number of hydrogen-bond acceptors (Lipinski definition) is 2. The van der Waals surface area contributed by atoms with Crippen LogP contribution in [0.5, 0.6) is 0 Å². The minimum atomic E-state index is -0.817. The SMILES string of the molecule is C=C(C)C(C=CC(C)(C)O)CO. The maximum atomic E-state index is 9.35. The lowest BCUT2D eigenvalue weighted by Crippen LogP contribution is -2.15. The molecule has 12 heavy (non-hydrogen) atoms. The summed E-state index contributed by atoms with van der Waals surface area (Å²) in [7, 11) is 0. The molecule has 2 N–H and O–H groups in total. The average molecular weight is 170 g/mol. The van der Waals surface area contributed by atoms with Gasteiger partial charge in [-0.15, -0.1) is 0 Å². The molecule has 0 saturated carbocycles. The van der Waals surface area contributed by atoms with Gasteiger partial charge in [-0.1, -0.05) is 24.3 Å². The molecular weight excluding hydrogens is 152 g/mol. The second-order valence-corrected chi connectivity index (χ2v) is 3.65. The zero-order valence-corrected chi connectivity index (χ0v) is 8.04. The first-order valence-electron chi connectivity index (χ1n) is 4.05. The van der Waals surface area contributed by atoms with Gasteiger partial charge in [0.25, 0.3) is 0 Å². The van der Waals surface area contributed by atoms with Crippen molar-refractivity contribution < 1.29 is 10.2 Å². The Labute approximate surface area is 74.2 Å². The summed E-state index contributed by atoms with van der Waals surface area (Å²) in [5.74, 6) is -0.0450. The fourth-order valence-corrected chi connectivity index (χ4v) is 0.733. The molecule has 0 aliphatic heterocycles. The van der Waals surface area contributed by atoms with Gasteiger partial charge in [0.1, 0.15) is 0 Å². The first kappa shape index (κ1) is 11.4. The zero-order valence-electron chi connectivity index (χ0n) is 8.04. The zero-order chi connectivity index (χ0) is 9.78. The fraction of sp³-hybridized carbons (Fsp3) is 0.600. The first-order chi connectivity index (χ1) is 5.37. The third-order valence-electron chi connectivity index (χ3n) is 1.57. The molecule has 0 aromatic rings. The van der Waals surface area contributed by atoms with Crippen LogP contribution < -0.4 is 0 Å². The van der Waals surface area contributed by atoms with E-state index in [1.165, 1.54) is 0 Å². The summed E-state index contributed by atoms with van der Waals surface area (Å²) in [4.78, 5) is 0. The fourth-order valence-electron chi connectivity index (χ4n) is 0.733. The van der Waals surface area contributed by atoms with Gasteiger partial charge in [0.2, 0.25) is 0 Å². The Morgan fingerprint density at radius 3 is 2.33 bits per heavy atom. The molecule has 70 valence electrons. The molecule has 0 aliphatic rings. The summed E-state index contributed by atoms with van der Waals surface area (Å²) < 4.78 is 0. The van der Waals surface area contributed by atoms with E-state index in [1.54, 1.807) is 26.0 Å². The van der Waals surface area contributed by atoms with Crippen LogP contribution in [-0.4, -0.2) is 22.4 Å². The Balaban J connectivity index is 4.21. The molecule has 0 radical (unpaired) electrons. The van der Waals surface area contributed by atoms with Crippen molar-refractivity contribution in [2.24, 2.45) is 5.92 Å². The monoisotopic (exact) mass is 170 g/mol. The van der Waals surface area contributed by atoms with Crippen LogP contribution >= 0.6 is 0 Å². The van der Waals surface area contributed by atoms with Gasteiger partial charge in [0.05, 0.1) is 12.2 Å². The maximum Gasteiger partial charge on any atom is 0.0771 e. The quantitative estimate of drug-likeness (QED) is 0.628. The largest absolute Gasteiger partial charge is 0.395 e. The smallest absolute Gasteiger partial charge is 0.0771 e. The molecule has 1 unspecified atom stereocenters. The van der Waals surface area contributed by atoms with E-state index in [9.17, 15) is 5.11 Å². The third kappa shape index (κ3) is 5.10. The van der Waals surface area contributed by atoms with E-state index in [0.29, 0.717) is 0 Å². The van der Waals surface area contributed by atoms with Crippen LogP contribution in [-0.2, 0) is 0 Å². The Kier molecular flexibility index (Phi) is 4.21. The average Bonchev–Trinajstić information content (AvgIpc) is 1.85. The van der Waals surface area contributed by atoms with Gasteiger partial charge < -0.3 is 10.2 Å². The highest BCUT2D eigenvalue weighted by atomic mass is 16.3. The Hall–Kier alpha value is -0.600. The molecule has 0 fully saturated rings. The van der Waals surface area contributed by atoms with E-state index >= 15 is 0 Å². The van der Waals surface area contributed by atoms with E-state index < -0.39 is 5.60 Å². The lowest BCUT2D eigenvalue weighted by molar-refractivity contribution is 0.132. The second kappa shape index (κ2) is 4.43. The van der Waals surface area contributed by atoms with Gasteiger partial charge in [-0.25, -0.2) is 0 Å². The number of hydrogen-bond donors (Lipinski definition) is 2. The maximum absolute atomic E-state index is 9.35. The molecule has 0 bridgehead atoms. The minimum absolute atomic E-state index is 0.0436. The van der Waals surface area contributed by atoms with Crippen molar-refractivity contribution in [3.05, 3.63) is 24.3 Å². The summed E-state index contributed by atoms with van der Waals surface area (Å²) in [6, 6.07) is 0. The van der Waals surface area contributed by atoms with Gasteiger partial charge in [-0.3, -0.25) is 0 Å². The van der Waals surface area contributed by atoms with Crippen LogP contribution in [0.4, 0.5) is 0 Å². The highest BCUT2D eigenvalue weighted by Gasteiger charge is 2.09. The molecule has 0 aromatic carbocycles. The molecular formula is C10H18O2.